The first-order valence-electron chi connectivity index (χ1n) is 7.99. The molecule has 2 heterocycles. The molecule has 1 atom stereocenters. The van der Waals surface area contributed by atoms with Crippen molar-refractivity contribution >= 4 is 21.6 Å². The molecule has 1 saturated heterocycles. The fourth-order valence-electron chi connectivity index (χ4n) is 3.49. The molecule has 0 aliphatic carbocycles. The molecule has 2 aliphatic heterocycles. The van der Waals surface area contributed by atoms with Crippen LogP contribution in [-0.4, -0.2) is 51.9 Å². The topological polar surface area (TPSA) is 69.7 Å². The van der Waals surface area contributed by atoms with Crippen molar-refractivity contribution in [3.63, 3.8) is 0 Å². The number of rotatable bonds is 4. The van der Waals surface area contributed by atoms with E-state index in [2.05, 4.69) is 5.32 Å². The molecule has 1 amide bonds. The number of carbonyl (C=O) groups excluding carboxylic acids is 1. The normalized spacial score (nSPS) is 21.7. The highest BCUT2D eigenvalue weighted by Gasteiger charge is 2.33. The molecule has 7 heteroatoms. The van der Waals surface area contributed by atoms with Gasteiger partial charge in [-0.05, 0) is 56.1 Å². The number of hydrogen-bond acceptors (Lipinski definition) is 4. The third kappa shape index (κ3) is 3.00. The lowest BCUT2D eigenvalue weighted by Gasteiger charge is -2.18. The van der Waals surface area contributed by atoms with E-state index in [0.717, 1.165) is 24.2 Å². The van der Waals surface area contributed by atoms with Crippen molar-refractivity contribution < 1.29 is 13.2 Å². The van der Waals surface area contributed by atoms with Gasteiger partial charge in [0.15, 0.2) is 0 Å². The minimum atomic E-state index is -3.45. The summed E-state index contributed by atoms with van der Waals surface area (Å²) in [6.45, 7) is 4.14. The maximum absolute atomic E-state index is 12.8. The van der Waals surface area contributed by atoms with Crippen LogP contribution in [0.5, 0.6) is 0 Å². The van der Waals surface area contributed by atoms with Crippen LogP contribution >= 0.6 is 0 Å². The van der Waals surface area contributed by atoms with Crippen LogP contribution in [0.3, 0.4) is 0 Å². The first kappa shape index (κ1) is 16.4. The average Bonchev–Trinajstić information content (AvgIpc) is 3.13. The Bertz CT molecular complexity index is 717. The second kappa shape index (κ2) is 6.22. The summed E-state index contributed by atoms with van der Waals surface area (Å²) >= 11 is 0. The Hall–Kier alpha value is -1.44. The number of hydrogen-bond donors (Lipinski definition) is 1. The predicted octanol–water partition coefficient (Wildman–Crippen LogP) is 0.826. The van der Waals surface area contributed by atoms with E-state index in [1.54, 1.807) is 27.4 Å². The molecular weight excluding hydrogens is 314 g/mol. The van der Waals surface area contributed by atoms with Crippen molar-refractivity contribution in [2.24, 2.45) is 5.92 Å². The van der Waals surface area contributed by atoms with Crippen molar-refractivity contribution in [3.05, 3.63) is 23.8 Å². The van der Waals surface area contributed by atoms with Crippen molar-refractivity contribution in [3.8, 4) is 0 Å². The minimum absolute atomic E-state index is 0.00573. The first-order valence-corrected chi connectivity index (χ1v) is 9.43. The van der Waals surface area contributed by atoms with Crippen LogP contribution in [0.2, 0.25) is 0 Å². The molecule has 1 unspecified atom stereocenters. The van der Waals surface area contributed by atoms with Crippen LogP contribution in [0.4, 0.5) is 5.69 Å². The third-order valence-electron chi connectivity index (χ3n) is 4.71. The number of carbonyl (C=O) groups is 1. The zero-order chi connectivity index (χ0) is 16.6. The molecule has 0 aromatic heterocycles. The van der Waals surface area contributed by atoms with Gasteiger partial charge in [0.1, 0.15) is 0 Å². The second-order valence-electron chi connectivity index (χ2n) is 6.29. The SMILES string of the molecule is CNCC1CCN(S(=O)(=O)c2ccc3c(c2)CCN3C(C)=O)C1. The van der Waals surface area contributed by atoms with Gasteiger partial charge in [-0.3, -0.25) is 4.79 Å². The first-order chi connectivity index (χ1) is 10.9. The number of nitrogens with one attached hydrogen (secondary N) is 1. The molecule has 2 aliphatic rings. The van der Waals surface area contributed by atoms with E-state index in [-0.39, 0.29) is 5.91 Å². The van der Waals surface area contributed by atoms with Gasteiger partial charge in [0, 0.05) is 32.2 Å². The molecule has 126 valence electrons. The van der Waals surface area contributed by atoms with Gasteiger partial charge in [0.2, 0.25) is 15.9 Å². The van der Waals surface area contributed by atoms with Crippen LogP contribution in [0.15, 0.2) is 23.1 Å². The van der Waals surface area contributed by atoms with Crippen LogP contribution in [-0.2, 0) is 21.2 Å². The van der Waals surface area contributed by atoms with Crippen molar-refractivity contribution in [2.75, 3.05) is 38.1 Å². The summed E-state index contributed by atoms with van der Waals surface area (Å²) in [4.78, 5) is 13.6. The van der Waals surface area contributed by atoms with Crippen molar-refractivity contribution in [1.29, 1.82) is 0 Å². The average molecular weight is 337 g/mol. The van der Waals surface area contributed by atoms with Gasteiger partial charge in [-0.25, -0.2) is 8.42 Å². The molecule has 1 fully saturated rings. The predicted molar refractivity (Wildman–Crippen MR) is 89.0 cm³/mol. The monoisotopic (exact) mass is 337 g/mol. The number of sulfonamides is 1. The van der Waals surface area contributed by atoms with Gasteiger partial charge in [0.05, 0.1) is 4.90 Å². The summed E-state index contributed by atoms with van der Waals surface area (Å²) in [5.74, 6) is 0.367. The summed E-state index contributed by atoms with van der Waals surface area (Å²) in [6, 6.07) is 5.12. The summed E-state index contributed by atoms with van der Waals surface area (Å²) < 4.78 is 27.2. The molecule has 0 bridgehead atoms. The van der Waals surface area contributed by atoms with Gasteiger partial charge < -0.3 is 10.2 Å². The van der Waals surface area contributed by atoms with E-state index in [9.17, 15) is 13.2 Å². The fraction of sp³-hybridized carbons (Fsp3) is 0.562. The highest BCUT2D eigenvalue weighted by atomic mass is 32.2. The van der Waals surface area contributed by atoms with E-state index in [1.165, 1.54) is 6.92 Å². The highest BCUT2D eigenvalue weighted by Crippen LogP contribution is 2.32. The smallest absolute Gasteiger partial charge is 0.243 e. The van der Waals surface area contributed by atoms with Gasteiger partial charge in [-0.2, -0.15) is 4.31 Å². The van der Waals surface area contributed by atoms with Crippen molar-refractivity contribution in [2.45, 2.75) is 24.7 Å². The van der Waals surface area contributed by atoms with E-state index in [0.29, 0.717) is 36.9 Å². The Morgan fingerprint density at radius 1 is 1.35 bits per heavy atom. The maximum Gasteiger partial charge on any atom is 0.243 e. The number of nitrogens with zero attached hydrogens (tertiary/aromatic N) is 2. The molecule has 0 saturated carbocycles. The van der Waals surface area contributed by atoms with Crippen LogP contribution < -0.4 is 10.2 Å². The Morgan fingerprint density at radius 3 is 2.83 bits per heavy atom. The van der Waals surface area contributed by atoms with E-state index in [4.69, 9.17) is 0 Å². The largest absolute Gasteiger partial charge is 0.319 e. The number of anilines is 1. The highest BCUT2D eigenvalue weighted by molar-refractivity contribution is 7.89. The Labute approximate surface area is 137 Å². The summed E-state index contributed by atoms with van der Waals surface area (Å²) in [7, 11) is -1.56. The van der Waals surface area contributed by atoms with E-state index >= 15 is 0 Å². The van der Waals surface area contributed by atoms with Crippen molar-refractivity contribution in [1.82, 2.24) is 9.62 Å². The van der Waals surface area contributed by atoms with Crippen LogP contribution in [0.25, 0.3) is 0 Å². The standard InChI is InChI=1S/C16H23N3O3S/c1-12(20)19-8-6-14-9-15(3-4-16(14)19)23(21,22)18-7-5-13(11-18)10-17-2/h3-4,9,13,17H,5-8,10-11H2,1-2H3. The van der Waals surface area contributed by atoms with Crippen LogP contribution in [0, 0.1) is 5.92 Å². The van der Waals surface area contributed by atoms with Gasteiger partial charge >= 0.3 is 0 Å². The molecule has 0 spiro atoms. The summed E-state index contributed by atoms with van der Waals surface area (Å²) in [5.41, 5.74) is 1.78. The van der Waals surface area contributed by atoms with Gasteiger partial charge in [-0.15, -0.1) is 0 Å². The molecule has 6 nitrogen and oxygen atoms in total. The zero-order valence-electron chi connectivity index (χ0n) is 13.6. The molecule has 1 N–H and O–H groups in total. The second-order valence-corrected chi connectivity index (χ2v) is 8.22. The zero-order valence-corrected chi connectivity index (χ0v) is 14.4. The van der Waals surface area contributed by atoms with E-state index in [1.807, 2.05) is 7.05 Å². The Morgan fingerprint density at radius 2 is 2.13 bits per heavy atom. The Kier molecular flexibility index (Phi) is 4.44. The lowest BCUT2D eigenvalue weighted by Crippen LogP contribution is -2.30. The van der Waals surface area contributed by atoms with E-state index < -0.39 is 10.0 Å². The molecule has 23 heavy (non-hydrogen) atoms. The molecule has 0 radical (unpaired) electrons. The number of amides is 1. The fourth-order valence-corrected chi connectivity index (χ4v) is 5.07. The lowest BCUT2D eigenvalue weighted by molar-refractivity contribution is -0.116. The third-order valence-corrected chi connectivity index (χ3v) is 6.57. The van der Waals surface area contributed by atoms with Crippen LogP contribution in [0.1, 0.15) is 18.9 Å². The van der Waals surface area contributed by atoms with Gasteiger partial charge in [0.25, 0.3) is 0 Å². The maximum atomic E-state index is 12.8. The summed E-state index contributed by atoms with van der Waals surface area (Å²) in [6.07, 6.45) is 1.60. The Balaban J connectivity index is 1.84. The molecular formula is C16H23N3O3S. The number of benzene rings is 1. The molecule has 1 aromatic rings. The minimum Gasteiger partial charge on any atom is -0.319 e. The summed E-state index contributed by atoms with van der Waals surface area (Å²) in [5, 5.41) is 3.11. The van der Waals surface area contributed by atoms with Gasteiger partial charge in [-0.1, -0.05) is 0 Å². The quantitative estimate of drug-likeness (QED) is 0.883. The lowest BCUT2D eigenvalue weighted by atomic mass is 10.1. The molecule has 3 rings (SSSR count). The molecule has 1 aromatic carbocycles. The number of fused-ring (bicyclic) bond motifs is 1.